The molecule has 6 nitrogen and oxygen atoms in total. The molecule has 0 bridgehead atoms. The molecule has 0 aliphatic rings. The Hall–Kier alpha value is -2.64. The Balaban J connectivity index is 1.87. The molecule has 0 saturated carbocycles. The largest absolute Gasteiger partial charge is 0.496 e. The normalized spacial score (nSPS) is 10.5. The molecule has 3 aromatic rings. The van der Waals surface area contributed by atoms with Gasteiger partial charge in [-0.2, -0.15) is 0 Å². The van der Waals surface area contributed by atoms with Crippen LogP contribution in [0.3, 0.4) is 0 Å². The number of benzene rings is 2. The number of ether oxygens (including phenoxy) is 1. The third-order valence-electron chi connectivity index (χ3n) is 3.12. The van der Waals surface area contributed by atoms with Gasteiger partial charge in [0.1, 0.15) is 5.75 Å². The molecule has 0 spiro atoms. The van der Waals surface area contributed by atoms with E-state index in [-0.39, 0.29) is 5.91 Å². The maximum absolute atomic E-state index is 12.4. The highest BCUT2D eigenvalue weighted by Gasteiger charge is 2.12. The number of carbonyl (C=O) groups is 1. The zero-order valence-corrected chi connectivity index (χ0v) is 12.6. The molecule has 7 heteroatoms. The van der Waals surface area contributed by atoms with Crippen LogP contribution in [0.2, 0.25) is 0 Å². The third-order valence-corrected chi connectivity index (χ3v) is 4.07. The summed E-state index contributed by atoms with van der Waals surface area (Å²) >= 11 is 1.42. The third kappa shape index (κ3) is 2.72. The van der Waals surface area contributed by atoms with Gasteiger partial charge < -0.3 is 10.1 Å². The van der Waals surface area contributed by atoms with Crippen LogP contribution in [-0.4, -0.2) is 18.0 Å². The van der Waals surface area contributed by atoms with E-state index >= 15 is 0 Å². The summed E-state index contributed by atoms with van der Waals surface area (Å²) in [5.41, 5.74) is 4.52. The van der Waals surface area contributed by atoms with Crippen molar-refractivity contribution in [3.63, 3.8) is 0 Å². The van der Waals surface area contributed by atoms with Gasteiger partial charge in [-0.15, -0.1) is 0 Å². The van der Waals surface area contributed by atoms with E-state index < -0.39 is 0 Å². The van der Waals surface area contributed by atoms with Gasteiger partial charge in [0.05, 0.1) is 22.9 Å². The van der Waals surface area contributed by atoms with Crippen LogP contribution in [0, 0.1) is 0 Å². The van der Waals surface area contributed by atoms with Crippen molar-refractivity contribution >= 4 is 38.3 Å². The fourth-order valence-electron chi connectivity index (χ4n) is 2.09. The van der Waals surface area contributed by atoms with E-state index in [9.17, 15) is 4.79 Å². The number of para-hydroxylation sites is 1. The van der Waals surface area contributed by atoms with Crippen LogP contribution in [0.5, 0.6) is 5.75 Å². The van der Waals surface area contributed by atoms with Crippen molar-refractivity contribution in [1.82, 2.24) is 4.98 Å². The molecule has 3 rings (SSSR count). The number of fused-ring (bicyclic) bond motifs is 1. The minimum absolute atomic E-state index is 0.224. The molecule has 0 atom stereocenters. The number of aromatic nitrogens is 1. The second-order valence-corrected chi connectivity index (χ2v) is 5.53. The van der Waals surface area contributed by atoms with E-state index in [1.54, 1.807) is 24.3 Å². The molecule has 112 valence electrons. The molecule has 0 radical (unpaired) electrons. The van der Waals surface area contributed by atoms with E-state index in [2.05, 4.69) is 15.7 Å². The average molecular weight is 314 g/mol. The van der Waals surface area contributed by atoms with Crippen molar-refractivity contribution in [3.05, 3.63) is 48.0 Å². The van der Waals surface area contributed by atoms with Gasteiger partial charge in [-0.05, 0) is 30.3 Å². The van der Waals surface area contributed by atoms with Crippen molar-refractivity contribution < 1.29 is 9.53 Å². The number of hydrazine groups is 1. The molecule has 1 heterocycles. The van der Waals surface area contributed by atoms with Crippen LogP contribution in [0.4, 0.5) is 10.8 Å². The van der Waals surface area contributed by atoms with Gasteiger partial charge in [0.2, 0.25) is 0 Å². The molecule has 22 heavy (non-hydrogen) atoms. The molecular formula is C15H14N4O2S. The van der Waals surface area contributed by atoms with Gasteiger partial charge in [0.25, 0.3) is 5.91 Å². The molecule has 0 aliphatic carbocycles. The Morgan fingerprint density at radius 3 is 2.86 bits per heavy atom. The standard InChI is InChI=1S/C15H14N4O2S/c1-21-12-5-3-2-4-10(12)14(20)17-9-6-7-11-13(8-9)22-15(18-11)19-16/h2-8H,16H2,1H3,(H,17,20)(H,18,19). The van der Waals surface area contributed by atoms with Crippen LogP contribution in [0.1, 0.15) is 10.4 Å². The lowest BCUT2D eigenvalue weighted by molar-refractivity contribution is 0.102. The number of rotatable bonds is 4. The summed E-state index contributed by atoms with van der Waals surface area (Å²) < 4.78 is 6.14. The van der Waals surface area contributed by atoms with Gasteiger partial charge >= 0.3 is 0 Å². The molecule has 0 saturated heterocycles. The molecular weight excluding hydrogens is 300 g/mol. The van der Waals surface area contributed by atoms with Crippen molar-refractivity contribution in [3.8, 4) is 5.75 Å². The van der Waals surface area contributed by atoms with Gasteiger partial charge in [0.15, 0.2) is 5.13 Å². The first-order valence-corrected chi connectivity index (χ1v) is 7.34. The van der Waals surface area contributed by atoms with E-state index in [0.717, 1.165) is 10.2 Å². The smallest absolute Gasteiger partial charge is 0.259 e. The molecule has 0 fully saturated rings. The molecule has 0 aliphatic heterocycles. The van der Waals surface area contributed by atoms with Crippen molar-refractivity contribution in [1.29, 1.82) is 0 Å². The van der Waals surface area contributed by atoms with Gasteiger partial charge in [-0.25, -0.2) is 10.8 Å². The fraction of sp³-hybridized carbons (Fsp3) is 0.0667. The zero-order valence-electron chi connectivity index (χ0n) is 11.8. The summed E-state index contributed by atoms with van der Waals surface area (Å²) in [5.74, 6) is 5.67. The highest BCUT2D eigenvalue weighted by atomic mass is 32.1. The summed E-state index contributed by atoms with van der Waals surface area (Å²) in [6.07, 6.45) is 0. The van der Waals surface area contributed by atoms with E-state index in [0.29, 0.717) is 22.1 Å². The van der Waals surface area contributed by atoms with Crippen LogP contribution < -0.4 is 21.3 Å². The molecule has 0 unspecified atom stereocenters. The number of anilines is 2. The van der Waals surface area contributed by atoms with E-state index in [1.165, 1.54) is 18.4 Å². The van der Waals surface area contributed by atoms with Crippen LogP contribution in [-0.2, 0) is 0 Å². The number of amides is 1. The summed E-state index contributed by atoms with van der Waals surface area (Å²) in [6.45, 7) is 0. The lowest BCUT2D eigenvalue weighted by Gasteiger charge is -2.09. The van der Waals surface area contributed by atoms with Crippen molar-refractivity contribution in [2.24, 2.45) is 5.84 Å². The Kier molecular flexibility index (Phi) is 3.90. The highest BCUT2D eigenvalue weighted by Crippen LogP contribution is 2.28. The SMILES string of the molecule is COc1ccccc1C(=O)Nc1ccc2nc(NN)sc2c1. The number of methoxy groups -OCH3 is 1. The number of thiazole rings is 1. The van der Waals surface area contributed by atoms with E-state index in [1.807, 2.05) is 18.2 Å². The molecule has 2 aromatic carbocycles. The van der Waals surface area contributed by atoms with Gasteiger partial charge in [-0.3, -0.25) is 10.2 Å². The Morgan fingerprint density at radius 1 is 1.27 bits per heavy atom. The summed E-state index contributed by atoms with van der Waals surface area (Å²) in [7, 11) is 1.54. The highest BCUT2D eigenvalue weighted by molar-refractivity contribution is 7.22. The Bertz CT molecular complexity index is 831. The number of nitrogens with zero attached hydrogens (tertiary/aromatic N) is 1. The number of hydrogen-bond acceptors (Lipinski definition) is 6. The van der Waals surface area contributed by atoms with Crippen LogP contribution >= 0.6 is 11.3 Å². The zero-order chi connectivity index (χ0) is 15.5. The van der Waals surface area contributed by atoms with Crippen LogP contribution in [0.25, 0.3) is 10.2 Å². The Morgan fingerprint density at radius 2 is 2.09 bits per heavy atom. The topological polar surface area (TPSA) is 89.3 Å². The number of nitrogen functional groups attached to an aromatic ring is 1. The maximum Gasteiger partial charge on any atom is 0.259 e. The summed E-state index contributed by atoms with van der Waals surface area (Å²) in [6, 6.07) is 12.6. The van der Waals surface area contributed by atoms with Crippen LogP contribution in [0.15, 0.2) is 42.5 Å². The first-order valence-electron chi connectivity index (χ1n) is 6.53. The lowest BCUT2D eigenvalue weighted by Crippen LogP contribution is -2.12. The number of nitrogens with two attached hydrogens (primary N) is 1. The second kappa shape index (κ2) is 6.00. The summed E-state index contributed by atoms with van der Waals surface area (Å²) in [5, 5.41) is 3.49. The number of hydrogen-bond donors (Lipinski definition) is 3. The summed E-state index contributed by atoms with van der Waals surface area (Å²) in [4.78, 5) is 16.6. The number of carbonyl (C=O) groups excluding carboxylic acids is 1. The first-order chi connectivity index (χ1) is 10.7. The Labute approximate surface area is 130 Å². The minimum atomic E-state index is -0.224. The predicted octanol–water partition coefficient (Wildman–Crippen LogP) is 2.84. The lowest BCUT2D eigenvalue weighted by atomic mass is 10.2. The number of nitrogens with one attached hydrogen (secondary N) is 2. The average Bonchev–Trinajstić information content (AvgIpc) is 2.97. The predicted molar refractivity (Wildman–Crippen MR) is 88.4 cm³/mol. The van der Waals surface area contributed by atoms with Crippen molar-refractivity contribution in [2.75, 3.05) is 17.9 Å². The quantitative estimate of drug-likeness (QED) is 0.509. The van der Waals surface area contributed by atoms with Gasteiger partial charge in [0, 0.05) is 5.69 Å². The first kappa shape index (κ1) is 14.3. The fourth-order valence-corrected chi connectivity index (χ4v) is 2.91. The minimum Gasteiger partial charge on any atom is -0.496 e. The monoisotopic (exact) mass is 314 g/mol. The molecule has 4 N–H and O–H groups in total. The molecule has 1 amide bonds. The van der Waals surface area contributed by atoms with Crippen molar-refractivity contribution in [2.45, 2.75) is 0 Å². The van der Waals surface area contributed by atoms with Gasteiger partial charge in [-0.1, -0.05) is 23.5 Å². The van der Waals surface area contributed by atoms with E-state index in [4.69, 9.17) is 10.6 Å². The maximum atomic E-state index is 12.4. The second-order valence-electron chi connectivity index (χ2n) is 4.50. The molecule has 1 aromatic heterocycles.